The first-order chi connectivity index (χ1) is 13.6. The fourth-order valence-corrected chi connectivity index (χ4v) is 2.84. The Morgan fingerprint density at radius 3 is 2.64 bits per heavy atom. The van der Waals surface area contributed by atoms with Crippen molar-refractivity contribution in [3.63, 3.8) is 0 Å². The Hall–Kier alpha value is -3.12. The molecule has 3 rings (SSSR count). The molecule has 1 heterocycles. The lowest BCUT2D eigenvalue weighted by molar-refractivity contribution is 0.102. The average Bonchev–Trinajstić information content (AvgIpc) is 2.68. The second-order valence-corrected chi connectivity index (χ2v) is 6.42. The Bertz CT molecular complexity index is 978. The number of para-hydroxylation sites is 2. The van der Waals surface area contributed by atoms with E-state index in [2.05, 4.69) is 20.6 Å². The second-order valence-electron chi connectivity index (χ2n) is 6.01. The number of anilines is 2. The van der Waals surface area contributed by atoms with Crippen LogP contribution in [0.3, 0.4) is 0 Å². The summed E-state index contributed by atoms with van der Waals surface area (Å²) in [5.41, 5.74) is 1.80. The molecule has 0 saturated carbocycles. The van der Waals surface area contributed by atoms with Crippen LogP contribution in [-0.2, 0) is 6.54 Å². The highest BCUT2D eigenvalue weighted by molar-refractivity contribution is 6.31. The molecule has 0 aliphatic heterocycles. The predicted molar refractivity (Wildman–Crippen MR) is 111 cm³/mol. The predicted octanol–water partition coefficient (Wildman–Crippen LogP) is 4.70. The van der Waals surface area contributed by atoms with E-state index in [-0.39, 0.29) is 11.6 Å². The van der Waals surface area contributed by atoms with Crippen molar-refractivity contribution in [2.45, 2.75) is 20.4 Å². The summed E-state index contributed by atoms with van der Waals surface area (Å²) in [6.07, 6.45) is 0. The molecule has 0 saturated heterocycles. The maximum atomic E-state index is 12.7. The summed E-state index contributed by atoms with van der Waals surface area (Å²) in [6.45, 7) is 4.63. The summed E-state index contributed by atoms with van der Waals surface area (Å²) in [4.78, 5) is 21.3. The van der Waals surface area contributed by atoms with Gasteiger partial charge in [0.25, 0.3) is 5.91 Å². The summed E-state index contributed by atoms with van der Waals surface area (Å²) in [7, 11) is 0. The normalized spacial score (nSPS) is 10.4. The van der Waals surface area contributed by atoms with E-state index >= 15 is 0 Å². The minimum Gasteiger partial charge on any atom is -0.492 e. The van der Waals surface area contributed by atoms with Gasteiger partial charge >= 0.3 is 0 Å². The van der Waals surface area contributed by atoms with Gasteiger partial charge in [-0.1, -0.05) is 41.9 Å². The van der Waals surface area contributed by atoms with Gasteiger partial charge in [-0.2, -0.15) is 0 Å². The van der Waals surface area contributed by atoms with Crippen molar-refractivity contribution < 1.29 is 9.53 Å². The van der Waals surface area contributed by atoms with E-state index in [1.807, 2.05) is 43.3 Å². The molecule has 0 unspecified atom stereocenters. The van der Waals surface area contributed by atoms with Crippen molar-refractivity contribution in [3.8, 4) is 5.75 Å². The van der Waals surface area contributed by atoms with Gasteiger partial charge in [0.1, 0.15) is 23.1 Å². The van der Waals surface area contributed by atoms with Gasteiger partial charge in [0.05, 0.1) is 12.3 Å². The number of rotatable bonds is 7. The molecule has 3 aromatic rings. The van der Waals surface area contributed by atoms with Gasteiger partial charge in [0.2, 0.25) is 0 Å². The number of benzene rings is 2. The molecule has 28 heavy (non-hydrogen) atoms. The highest BCUT2D eigenvalue weighted by atomic mass is 35.5. The van der Waals surface area contributed by atoms with Crippen molar-refractivity contribution in [2.75, 3.05) is 17.2 Å². The molecule has 0 bridgehead atoms. The second kappa shape index (κ2) is 9.19. The molecule has 2 aromatic carbocycles. The number of ether oxygens (including phenoxy) is 1. The first-order valence-electron chi connectivity index (χ1n) is 8.93. The van der Waals surface area contributed by atoms with Gasteiger partial charge in [-0.05, 0) is 37.6 Å². The van der Waals surface area contributed by atoms with Crippen LogP contribution in [0.4, 0.5) is 11.5 Å². The van der Waals surface area contributed by atoms with E-state index in [4.69, 9.17) is 16.3 Å². The molecule has 1 aromatic heterocycles. The van der Waals surface area contributed by atoms with Gasteiger partial charge in [-0.15, -0.1) is 0 Å². The van der Waals surface area contributed by atoms with Crippen LogP contribution in [0.2, 0.25) is 5.02 Å². The number of nitrogens with one attached hydrogen (secondary N) is 2. The number of amides is 1. The lowest BCUT2D eigenvalue weighted by Gasteiger charge is -2.12. The van der Waals surface area contributed by atoms with E-state index in [1.54, 1.807) is 25.1 Å². The maximum absolute atomic E-state index is 12.7. The Labute approximate surface area is 168 Å². The van der Waals surface area contributed by atoms with Crippen LogP contribution in [-0.4, -0.2) is 22.5 Å². The Morgan fingerprint density at radius 1 is 1.11 bits per heavy atom. The van der Waals surface area contributed by atoms with Crippen LogP contribution >= 0.6 is 11.6 Å². The summed E-state index contributed by atoms with van der Waals surface area (Å²) >= 11 is 6.19. The molecule has 7 heteroatoms. The number of halogens is 1. The number of carbonyl (C=O) groups is 1. The van der Waals surface area contributed by atoms with E-state index in [1.165, 1.54) is 0 Å². The van der Waals surface area contributed by atoms with Crippen molar-refractivity contribution in [1.82, 2.24) is 9.97 Å². The summed E-state index contributed by atoms with van der Waals surface area (Å²) in [5, 5.41) is 6.71. The average molecular weight is 397 g/mol. The topological polar surface area (TPSA) is 76.1 Å². The number of aromatic nitrogens is 2. The number of aryl methyl sites for hydroxylation is 1. The number of hydrogen-bond donors (Lipinski definition) is 2. The molecule has 6 nitrogen and oxygen atoms in total. The summed E-state index contributed by atoms with van der Waals surface area (Å²) < 4.78 is 5.55. The minimum atomic E-state index is -0.335. The van der Waals surface area contributed by atoms with E-state index in [0.717, 1.165) is 5.56 Å². The van der Waals surface area contributed by atoms with Crippen LogP contribution < -0.4 is 15.4 Å². The number of carbonyl (C=O) groups excluding carboxylic acids is 1. The molecule has 2 N–H and O–H groups in total. The van der Waals surface area contributed by atoms with Crippen molar-refractivity contribution in [3.05, 3.63) is 76.7 Å². The monoisotopic (exact) mass is 396 g/mol. The van der Waals surface area contributed by atoms with Crippen LogP contribution in [0, 0.1) is 6.92 Å². The first-order valence-corrected chi connectivity index (χ1v) is 9.30. The van der Waals surface area contributed by atoms with Gasteiger partial charge in [-0.25, -0.2) is 9.97 Å². The molecule has 1 amide bonds. The van der Waals surface area contributed by atoms with Crippen molar-refractivity contribution >= 4 is 29.0 Å². The minimum absolute atomic E-state index is 0.264. The van der Waals surface area contributed by atoms with Gasteiger partial charge in [-0.3, -0.25) is 4.79 Å². The third-order valence-corrected chi connectivity index (χ3v) is 4.29. The largest absolute Gasteiger partial charge is 0.492 e. The van der Waals surface area contributed by atoms with E-state index in [9.17, 15) is 4.79 Å². The molecular weight excluding hydrogens is 376 g/mol. The fourth-order valence-electron chi connectivity index (χ4n) is 2.64. The molecule has 0 aliphatic rings. The maximum Gasteiger partial charge on any atom is 0.274 e. The zero-order valence-electron chi connectivity index (χ0n) is 15.7. The first kappa shape index (κ1) is 19.6. The molecule has 144 valence electrons. The van der Waals surface area contributed by atoms with Crippen molar-refractivity contribution in [2.24, 2.45) is 0 Å². The number of nitrogens with zero attached hydrogens (tertiary/aromatic N) is 2. The van der Waals surface area contributed by atoms with Crippen LogP contribution in [0.5, 0.6) is 5.75 Å². The smallest absolute Gasteiger partial charge is 0.274 e. The summed E-state index contributed by atoms with van der Waals surface area (Å²) in [6, 6.07) is 16.5. The Kier molecular flexibility index (Phi) is 6.45. The van der Waals surface area contributed by atoms with Crippen LogP contribution in [0.15, 0.2) is 54.6 Å². The number of hydrogen-bond acceptors (Lipinski definition) is 5. The Balaban J connectivity index is 1.75. The lowest BCUT2D eigenvalue weighted by atomic mass is 10.2. The van der Waals surface area contributed by atoms with Crippen molar-refractivity contribution in [1.29, 1.82) is 0 Å². The Morgan fingerprint density at radius 2 is 1.86 bits per heavy atom. The fraction of sp³-hybridized carbons (Fsp3) is 0.190. The van der Waals surface area contributed by atoms with Crippen LogP contribution in [0.25, 0.3) is 0 Å². The van der Waals surface area contributed by atoms with Gasteiger partial charge in [0.15, 0.2) is 0 Å². The lowest BCUT2D eigenvalue weighted by Crippen LogP contribution is -2.16. The molecule has 0 radical (unpaired) electrons. The standard InChI is InChI=1S/C21H21ClN4O2/c1-3-28-19-11-7-6-10-17(19)26-21(27)18-12-20(25-14(2)24-18)23-13-15-8-4-5-9-16(15)22/h4-12H,3,13H2,1-2H3,(H,26,27)(H,23,24,25). The third kappa shape index (κ3) is 4.98. The molecule has 0 atom stereocenters. The molecule has 0 aliphatic carbocycles. The van der Waals surface area contributed by atoms with Gasteiger partial charge in [0, 0.05) is 17.6 Å². The summed E-state index contributed by atoms with van der Waals surface area (Å²) in [5.74, 6) is 1.32. The van der Waals surface area contributed by atoms with E-state index in [0.29, 0.717) is 41.3 Å². The molecule has 0 fully saturated rings. The highest BCUT2D eigenvalue weighted by Crippen LogP contribution is 2.24. The highest BCUT2D eigenvalue weighted by Gasteiger charge is 2.13. The third-order valence-electron chi connectivity index (χ3n) is 3.92. The zero-order chi connectivity index (χ0) is 19.9. The quantitative estimate of drug-likeness (QED) is 0.605. The SMILES string of the molecule is CCOc1ccccc1NC(=O)c1cc(NCc2ccccc2Cl)nc(C)n1. The van der Waals surface area contributed by atoms with Gasteiger partial charge < -0.3 is 15.4 Å². The molecule has 0 spiro atoms. The van der Waals surface area contributed by atoms with Crippen LogP contribution in [0.1, 0.15) is 28.8 Å². The molecular formula is C21H21ClN4O2. The zero-order valence-corrected chi connectivity index (χ0v) is 16.5. The van der Waals surface area contributed by atoms with E-state index < -0.39 is 0 Å².